The summed E-state index contributed by atoms with van der Waals surface area (Å²) in [6.45, 7) is 3.86. The van der Waals surface area contributed by atoms with Gasteiger partial charge < -0.3 is 5.41 Å². The molecule has 0 unspecified atom stereocenters. The molecule has 0 aliphatic rings. The summed E-state index contributed by atoms with van der Waals surface area (Å²) in [4.78, 5) is 3.93. The molecule has 9 heavy (non-hydrogen) atoms. The summed E-state index contributed by atoms with van der Waals surface area (Å²) in [7, 11) is 0. The van der Waals surface area contributed by atoms with Gasteiger partial charge in [-0.25, -0.2) is 0 Å². The molecule has 0 aliphatic carbocycles. The first-order chi connectivity index (χ1) is 4.35. The van der Waals surface area contributed by atoms with Crippen LogP contribution in [-0.2, 0) is 0 Å². The lowest BCUT2D eigenvalue weighted by atomic mass is 10.3. The summed E-state index contributed by atoms with van der Waals surface area (Å²) in [5.41, 5.74) is 0.736. The number of aliphatic imine (C=N–C) groups is 1. The van der Waals surface area contributed by atoms with Gasteiger partial charge in [-0.05, 0) is 13.3 Å². The van der Waals surface area contributed by atoms with Crippen LogP contribution in [0.25, 0.3) is 0 Å². The quantitative estimate of drug-likeness (QED) is 0.559. The molecule has 0 aromatic rings. The van der Waals surface area contributed by atoms with Gasteiger partial charge in [0, 0.05) is 12.4 Å². The van der Waals surface area contributed by atoms with Gasteiger partial charge in [-0.3, -0.25) is 4.99 Å². The van der Waals surface area contributed by atoms with Gasteiger partial charge in [-0.1, -0.05) is 13.0 Å². The first-order valence-electron chi connectivity index (χ1n) is 3.04. The third kappa shape index (κ3) is 3.64. The predicted octanol–water partition coefficient (Wildman–Crippen LogP) is 2.02. The van der Waals surface area contributed by atoms with E-state index in [1.54, 1.807) is 6.21 Å². The lowest BCUT2D eigenvalue weighted by Gasteiger charge is -1.86. The van der Waals surface area contributed by atoms with Gasteiger partial charge in [0.1, 0.15) is 0 Å². The molecule has 50 valence electrons. The van der Waals surface area contributed by atoms with E-state index in [1.165, 1.54) is 6.21 Å². The number of rotatable bonds is 3. The molecular formula is C7H12N2. The summed E-state index contributed by atoms with van der Waals surface area (Å²) in [6, 6.07) is 0. The van der Waals surface area contributed by atoms with Crippen molar-refractivity contribution in [2.45, 2.75) is 20.3 Å². The monoisotopic (exact) mass is 124 g/mol. The van der Waals surface area contributed by atoms with Crippen LogP contribution in [0, 0.1) is 5.41 Å². The number of allylic oxidation sites excluding steroid dienone is 2. The Kier molecular flexibility index (Phi) is 4.69. The van der Waals surface area contributed by atoms with Gasteiger partial charge in [0.2, 0.25) is 0 Å². The Morgan fingerprint density at radius 1 is 1.67 bits per heavy atom. The summed E-state index contributed by atoms with van der Waals surface area (Å²) in [5.74, 6) is 0. The fourth-order valence-corrected chi connectivity index (χ4v) is 0.507. The molecule has 0 amide bonds. The topological polar surface area (TPSA) is 36.2 Å². The van der Waals surface area contributed by atoms with E-state index in [0.717, 1.165) is 12.1 Å². The number of nitrogens with one attached hydrogen (secondary N) is 1. The van der Waals surface area contributed by atoms with Crippen LogP contribution in [0.2, 0.25) is 0 Å². The van der Waals surface area contributed by atoms with Crippen molar-refractivity contribution in [3.8, 4) is 0 Å². The average Bonchev–Trinajstić information content (AvgIpc) is 1.88. The van der Waals surface area contributed by atoms with E-state index in [2.05, 4.69) is 4.99 Å². The van der Waals surface area contributed by atoms with Gasteiger partial charge >= 0.3 is 0 Å². The van der Waals surface area contributed by atoms with E-state index in [0.29, 0.717) is 0 Å². The maximum Gasteiger partial charge on any atom is 0.0761 e. The molecule has 0 aromatic carbocycles. The molecule has 0 bridgehead atoms. The highest BCUT2D eigenvalue weighted by Crippen LogP contribution is 1.92. The minimum absolute atomic E-state index is 0.736. The van der Waals surface area contributed by atoms with E-state index in [-0.39, 0.29) is 0 Å². The Hall–Kier alpha value is -0.920. The second-order valence-corrected chi connectivity index (χ2v) is 1.57. The van der Waals surface area contributed by atoms with E-state index in [9.17, 15) is 0 Å². The fraction of sp³-hybridized carbons (Fsp3) is 0.429. The fourth-order valence-electron chi connectivity index (χ4n) is 0.507. The van der Waals surface area contributed by atoms with Crippen LogP contribution >= 0.6 is 0 Å². The highest BCUT2D eigenvalue weighted by Gasteiger charge is 1.80. The molecule has 0 fully saturated rings. The van der Waals surface area contributed by atoms with Crippen LogP contribution in [0.5, 0.6) is 0 Å². The van der Waals surface area contributed by atoms with Crippen molar-refractivity contribution in [1.82, 2.24) is 0 Å². The molecule has 0 atom stereocenters. The van der Waals surface area contributed by atoms with Crippen molar-refractivity contribution < 1.29 is 0 Å². The molecule has 0 spiro atoms. The Balaban J connectivity index is 3.97. The molecule has 0 saturated carbocycles. The van der Waals surface area contributed by atoms with E-state index in [1.807, 2.05) is 19.9 Å². The van der Waals surface area contributed by atoms with Gasteiger partial charge in [0.25, 0.3) is 0 Å². The average molecular weight is 124 g/mol. The highest BCUT2D eigenvalue weighted by atomic mass is 14.7. The van der Waals surface area contributed by atoms with Crippen molar-refractivity contribution in [2.75, 3.05) is 0 Å². The molecule has 2 nitrogen and oxygen atoms in total. The normalized spacial score (nSPS) is 12.4. The lowest BCUT2D eigenvalue weighted by Crippen LogP contribution is -1.77. The Morgan fingerprint density at radius 2 is 2.33 bits per heavy atom. The van der Waals surface area contributed by atoms with Crippen molar-refractivity contribution in [1.29, 1.82) is 5.41 Å². The van der Waals surface area contributed by atoms with Crippen molar-refractivity contribution in [3.63, 3.8) is 0 Å². The van der Waals surface area contributed by atoms with Crippen molar-refractivity contribution in [2.24, 2.45) is 4.99 Å². The predicted molar refractivity (Wildman–Crippen MR) is 41.3 cm³/mol. The summed E-state index contributed by atoms with van der Waals surface area (Å²) in [5, 5.41) is 6.86. The minimum atomic E-state index is 0.736. The Morgan fingerprint density at radius 3 is 2.67 bits per heavy atom. The van der Waals surface area contributed by atoms with Gasteiger partial charge in [0.05, 0.1) is 5.70 Å². The van der Waals surface area contributed by atoms with Gasteiger partial charge in [-0.15, -0.1) is 0 Å². The number of nitrogens with zero attached hydrogens (tertiary/aromatic N) is 1. The van der Waals surface area contributed by atoms with Crippen LogP contribution < -0.4 is 0 Å². The van der Waals surface area contributed by atoms with E-state index in [4.69, 9.17) is 5.41 Å². The minimum Gasteiger partial charge on any atom is -0.307 e. The van der Waals surface area contributed by atoms with E-state index < -0.39 is 0 Å². The van der Waals surface area contributed by atoms with Crippen LogP contribution in [0.1, 0.15) is 20.3 Å². The molecule has 0 saturated heterocycles. The zero-order valence-corrected chi connectivity index (χ0v) is 5.89. The SMILES string of the molecule is CC=N/C(C=N)=C\CC. The number of hydrogen-bond donors (Lipinski definition) is 1. The van der Waals surface area contributed by atoms with Crippen LogP contribution in [-0.4, -0.2) is 12.4 Å². The summed E-state index contributed by atoms with van der Waals surface area (Å²) >= 11 is 0. The smallest absolute Gasteiger partial charge is 0.0761 e. The third-order valence-corrected chi connectivity index (χ3v) is 0.839. The van der Waals surface area contributed by atoms with Gasteiger partial charge in [-0.2, -0.15) is 0 Å². The molecule has 0 radical (unpaired) electrons. The number of hydrogen-bond acceptors (Lipinski definition) is 2. The lowest BCUT2D eigenvalue weighted by molar-refractivity contribution is 1.20. The van der Waals surface area contributed by atoms with Crippen LogP contribution in [0.15, 0.2) is 16.8 Å². The molecule has 0 aliphatic heterocycles. The highest BCUT2D eigenvalue weighted by molar-refractivity contribution is 5.78. The van der Waals surface area contributed by atoms with Crippen LogP contribution in [0.4, 0.5) is 0 Å². The van der Waals surface area contributed by atoms with E-state index >= 15 is 0 Å². The van der Waals surface area contributed by atoms with Crippen molar-refractivity contribution in [3.05, 3.63) is 11.8 Å². The molecule has 2 heteroatoms. The molecule has 0 heterocycles. The van der Waals surface area contributed by atoms with Crippen LogP contribution in [0.3, 0.4) is 0 Å². The first-order valence-corrected chi connectivity index (χ1v) is 3.04. The van der Waals surface area contributed by atoms with Gasteiger partial charge in [0.15, 0.2) is 0 Å². The summed E-state index contributed by atoms with van der Waals surface area (Å²) < 4.78 is 0. The molecule has 0 rings (SSSR count). The largest absolute Gasteiger partial charge is 0.307 e. The Labute approximate surface area is 55.8 Å². The first kappa shape index (κ1) is 8.08. The Bertz CT molecular complexity index is 134. The third-order valence-electron chi connectivity index (χ3n) is 0.839. The molecular weight excluding hydrogens is 112 g/mol. The summed E-state index contributed by atoms with van der Waals surface area (Å²) in [6.07, 6.45) is 5.78. The zero-order valence-electron chi connectivity index (χ0n) is 5.89. The second kappa shape index (κ2) is 5.22. The van der Waals surface area contributed by atoms with Crippen molar-refractivity contribution >= 4 is 12.4 Å². The standard InChI is InChI=1S/C7H12N2/c1-3-5-7(6-8)9-4-2/h4-6,8H,3H2,1-2H3/b7-5-,8-6?,9-4?. The zero-order chi connectivity index (χ0) is 7.11. The molecule has 1 N–H and O–H groups in total. The maximum atomic E-state index is 6.86. The molecule has 0 aromatic heterocycles. The second-order valence-electron chi connectivity index (χ2n) is 1.57. The maximum absolute atomic E-state index is 6.86.